The minimum atomic E-state index is -1.03. The van der Waals surface area contributed by atoms with E-state index in [1.54, 1.807) is 37.3 Å². The fourth-order valence-electron chi connectivity index (χ4n) is 1.32. The van der Waals surface area contributed by atoms with E-state index >= 15 is 0 Å². The van der Waals surface area contributed by atoms with Gasteiger partial charge in [-0.05, 0) is 6.07 Å². The summed E-state index contributed by atoms with van der Waals surface area (Å²) in [5, 5.41) is 18.3. The van der Waals surface area contributed by atoms with Crippen molar-refractivity contribution in [2.45, 2.75) is 12.5 Å². The van der Waals surface area contributed by atoms with E-state index in [2.05, 4.69) is 4.98 Å². The van der Waals surface area contributed by atoms with Crippen LogP contribution in [0.3, 0.4) is 0 Å². The van der Waals surface area contributed by atoms with Crippen LogP contribution in [0.1, 0.15) is 18.1 Å². The second-order valence-corrected chi connectivity index (χ2v) is 3.42. The second kappa shape index (κ2) is 4.75. The van der Waals surface area contributed by atoms with Crippen molar-refractivity contribution in [2.24, 2.45) is 0 Å². The number of aliphatic carboxylic acids is 1. The zero-order valence-corrected chi connectivity index (χ0v) is 8.71. The van der Waals surface area contributed by atoms with Gasteiger partial charge in [-0.15, -0.1) is 0 Å². The normalized spacial score (nSPS) is 12.2. The van der Waals surface area contributed by atoms with E-state index < -0.39 is 12.1 Å². The van der Waals surface area contributed by atoms with Gasteiger partial charge in [0.2, 0.25) is 0 Å². The molecular formula is C10H14N2O3. The predicted molar refractivity (Wildman–Crippen MR) is 55.8 cm³/mol. The lowest BCUT2D eigenvalue weighted by Gasteiger charge is -2.18. The molecule has 0 aliphatic heterocycles. The van der Waals surface area contributed by atoms with Crippen LogP contribution in [0.5, 0.6) is 0 Å². The quantitative estimate of drug-likeness (QED) is 0.763. The van der Waals surface area contributed by atoms with E-state index in [0.717, 1.165) is 0 Å². The van der Waals surface area contributed by atoms with Gasteiger partial charge in [-0.2, -0.15) is 0 Å². The zero-order valence-electron chi connectivity index (χ0n) is 8.71. The Bertz CT molecular complexity index is 352. The second-order valence-electron chi connectivity index (χ2n) is 3.42. The number of carbonyl (C=O) groups is 1. The minimum Gasteiger partial charge on any atom is -0.481 e. The monoisotopic (exact) mass is 210 g/mol. The third-order valence-electron chi connectivity index (χ3n) is 1.97. The summed E-state index contributed by atoms with van der Waals surface area (Å²) >= 11 is 0. The van der Waals surface area contributed by atoms with Gasteiger partial charge in [0, 0.05) is 25.9 Å². The van der Waals surface area contributed by atoms with E-state index in [9.17, 15) is 9.90 Å². The molecule has 1 rings (SSSR count). The molecule has 0 unspecified atom stereocenters. The SMILES string of the molecule is CN(C)c1ncccc1[C@H](O)CC(=O)O. The number of carboxylic acid groups (broad SMARTS) is 1. The Hall–Kier alpha value is -1.62. The first kappa shape index (κ1) is 11.5. The zero-order chi connectivity index (χ0) is 11.4. The molecule has 0 saturated carbocycles. The Kier molecular flexibility index (Phi) is 3.62. The molecule has 15 heavy (non-hydrogen) atoms. The lowest BCUT2D eigenvalue weighted by Crippen LogP contribution is -2.16. The average Bonchev–Trinajstić information content (AvgIpc) is 2.16. The van der Waals surface area contributed by atoms with Crippen molar-refractivity contribution in [2.75, 3.05) is 19.0 Å². The van der Waals surface area contributed by atoms with Crippen LogP contribution in [0.25, 0.3) is 0 Å². The molecule has 0 aromatic carbocycles. The number of anilines is 1. The molecule has 1 aromatic rings. The lowest BCUT2D eigenvalue weighted by atomic mass is 10.1. The standard InChI is InChI=1S/C10H14N2O3/c1-12(2)10-7(4-3-5-11-10)8(13)6-9(14)15/h3-5,8,13H,6H2,1-2H3,(H,14,15)/t8-/m1/s1. The van der Waals surface area contributed by atoms with E-state index in [0.29, 0.717) is 11.4 Å². The van der Waals surface area contributed by atoms with Crippen molar-refractivity contribution < 1.29 is 15.0 Å². The van der Waals surface area contributed by atoms with Gasteiger partial charge in [-0.3, -0.25) is 4.79 Å². The lowest BCUT2D eigenvalue weighted by molar-refractivity contribution is -0.139. The number of carboxylic acids is 1. The molecule has 0 bridgehead atoms. The summed E-state index contributed by atoms with van der Waals surface area (Å²) < 4.78 is 0. The van der Waals surface area contributed by atoms with Crippen LogP contribution in [0.4, 0.5) is 5.82 Å². The summed E-state index contributed by atoms with van der Waals surface area (Å²) in [7, 11) is 3.58. The number of aromatic nitrogens is 1. The Morgan fingerprint density at radius 1 is 1.60 bits per heavy atom. The van der Waals surface area contributed by atoms with Crippen LogP contribution in [0.2, 0.25) is 0 Å². The highest BCUT2D eigenvalue weighted by Gasteiger charge is 2.17. The van der Waals surface area contributed by atoms with Crippen LogP contribution in [0, 0.1) is 0 Å². The summed E-state index contributed by atoms with van der Waals surface area (Å²) in [6.45, 7) is 0. The highest BCUT2D eigenvalue weighted by atomic mass is 16.4. The van der Waals surface area contributed by atoms with Gasteiger partial charge in [0.15, 0.2) is 0 Å². The van der Waals surface area contributed by atoms with Gasteiger partial charge >= 0.3 is 5.97 Å². The summed E-state index contributed by atoms with van der Waals surface area (Å²) in [4.78, 5) is 16.3. The van der Waals surface area contributed by atoms with E-state index in [4.69, 9.17) is 5.11 Å². The smallest absolute Gasteiger partial charge is 0.306 e. The van der Waals surface area contributed by atoms with E-state index in [1.165, 1.54) is 0 Å². The highest BCUT2D eigenvalue weighted by molar-refractivity contribution is 5.68. The number of hydrogen-bond donors (Lipinski definition) is 2. The molecule has 2 N–H and O–H groups in total. The Balaban J connectivity index is 2.97. The Morgan fingerprint density at radius 2 is 2.27 bits per heavy atom. The minimum absolute atomic E-state index is 0.313. The molecule has 5 nitrogen and oxygen atoms in total. The average molecular weight is 210 g/mol. The van der Waals surface area contributed by atoms with Crippen LogP contribution in [-0.2, 0) is 4.79 Å². The first-order chi connectivity index (χ1) is 7.02. The fourth-order valence-corrected chi connectivity index (χ4v) is 1.32. The predicted octanol–water partition coefficient (Wildman–Crippen LogP) is 0.656. The van der Waals surface area contributed by atoms with Gasteiger partial charge in [-0.25, -0.2) is 4.98 Å². The molecule has 0 fully saturated rings. The topological polar surface area (TPSA) is 73.7 Å². The molecule has 0 radical (unpaired) electrons. The van der Waals surface area contributed by atoms with Crippen molar-refractivity contribution in [3.05, 3.63) is 23.9 Å². The van der Waals surface area contributed by atoms with Crippen molar-refractivity contribution in [3.8, 4) is 0 Å². The van der Waals surface area contributed by atoms with Crippen LogP contribution < -0.4 is 4.90 Å². The van der Waals surface area contributed by atoms with Gasteiger partial charge in [0.1, 0.15) is 5.82 Å². The van der Waals surface area contributed by atoms with Crippen molar-refractivity contribution in [1.82, 2.24) is 4.98 Å². The maximum absolute atomic E-state index is 10.5. The summed E-state index contributed by atoms with van der Waals surface area (Å²) in [6.07, 6.45) is 0.271. The molecule has 1 heterocycles. The van der Waals surface area contributed by atoms with Gasteiger partial charge < -0.3 is 15.1 Å². The van der Waals surface area contributed by atoms with E-state index in [-0.39, 0.29) is 6.42 Å². The van der Waals surface area contributed by atoms with Gasteiger partial charge in [0.25, 0.3) is 0 Å². The van der Waals surface area contributed by atoms with Crippen LogP contribution in [0.15, 0.2) is 18.3 Å². The number of pyridine rings is 1. The van der Waals surface area contributed by atoms with Crippen LogP contribution >= 0.6 is 0 Å². The molecule has 1 atom stereocenters. The number of hydrogen-bond acceptors (Lipinski definition) is 4. The largest absolute Gasteiger partial charge is 0.481 e. The van der Waals surface area contributed by atoms with E-state index in [1.807, 2.05) is 0 Å². The third kappa shape index (κ3) is 2.92. The van der Waals surface area contributed by atoms with Crippen molar-refractivity contribution >= 4 is 11.8 Å². The molecule has 0 aliphatic rings. The first-order valence-electron chi connectivity index (χ1n) is 4.54. The highest BCUT2D eigenvalue weighted by Crippen LogP contribution is 2.24. The number of aliphatic hydroxyl groups is 1. The number of aliphatic hydroxyl groups excluding tert-OH is 1. The Morgan fingerprint density at radius 3 is 2.80 bits per heavy atom. The van der Waals surface area contributed by atoms with Crippen molar-refractivity contribution in [3.63, 3.8) is 0 Å². The number of nitrogens with zero attached hydrogens (tertiary/aromatic N) is 2. The fraction of sp³-hybridized carbons (Fsp3) is 0.400. The summed E-state index contributed by atoms with van der Waals surface area (Å²) in [5.74, 6) is -0.442. The maximum Gasteiger partial charge on any atom is 0.306 e. The molecule has 0 saturated heterocycles. The third-order valence-corrected chi connectivity index (χ3v) is 1.97. The Labute approximate surface area is 88.0 Å². The van der Waals surface area contributed by atoms with Gasteiger partial charge in [0.05, 0.1) is 12.5 Å². The molecular weight excluding hydrogens is 196 g/mol. The summed E-state index contributed by atoms with van der Waals surface area (Å²) in [6, 6.07) is 3.35. The first-order valence-corrected chi connectivity index (χ1v) is 4.54. The van der Waals surface area contributed by atoms with Crippen molar-refractivity contribution in [1.29, 1.82) is 0 Å². The molecule has 0 amide bonds. The molecule has 1 aromatic heterocycles. The molecule has 0 spiro atoms. The number of rotatable bonds is 4. The van der Waals surface area contributed by atoms with Crippen LogP contribution in [-0.4, -0.2) is 35.3 Å². The molecule has 5 heteroatoms. The maximum atomic E-state index is 10.5. The summed E-state index contributed by atoms with van der Waals surface area (Å²) in [5.41, 5.74) is 0.532. The van der Waals surface area contributed by atoms with Gasteiger partial charge in [-0.1, -0.05) is 6.07 Å². The molecule has 0 aliphatic carbocycles. The molecule has 82 valence electrons.